The molecule has 0 amide bonds. The molecule has 0 aliphatic rings. The average molecular weight is 308 g/mol. The number of benzene rings is 1. The van der Waals surface area contributed by atoms with Gasteiger partial charge in [0.15, 0.2) is 0 Å². The van der Waals surface area contributed by atoms with Crippen molar-refractivity contribution in [3.63, 3.8) is 0 Å². The zero-order valence-corrected chi connectivity index (χ0v) is 12.3. The molecule has 1 aromatic carbocycles. The number of pyridine rings is 1. The minimum atomic E-state index is -0.509. The van der Waals surface area contributed by atoms with Crippen LogP contribution in [0, 0.1) is 10.1 Å². The molecule has 2 aromatic rings. The van der Waals surface area contributed by atoms with E-state index in [0.29, 0.717) is 11.6 Å². The highest BCUT2D eigenvalue weighted by Gasteiger charge is 2.15. The van der Waals surface area contributed by atoms with Gasteiger partial charge in [0.1, 0.15) is 5.75 Å². The fourth-order valence-electron chi connectivity index (χ4n) is 1.76. The lowest BCUT2D eigenvalue weighted by molar-refractivity contribution is -0.384. The van der Waals surface area contributed by atoms with Crippen molar-refractivity contribution in [1.29, 1.82) is 0 Å². The molecule has 0 saturated carbocycles. The Labute approximate surface area is 126 Å². The molecule has 110 valence electrons. The third kappa shape index (κ3) is 3.48. The van der Waals surface area contributed by atoms with Crippen LogP contribution in [0.1, 0.15) is 18.5 Å². The summed E-state index contributed by atoms with van der Waals surface area (Å²) in [5, 5.41) is 14.0. The largest absolute Gasteiger partial charge is 0.437 e. The quantitative estimate of drug-likeness (QED) is 0.673. The van der Waals surface area contributed by atoms with Crippen LogP contribution in [0.15, 0.2) is 36.5 Å². The van der Waals surface area contributed by atoms with E-state index >= 15 is 0 Å². The lowest BCUT2D eigenvalue weighted by Crippen LogP contribution is -2.13. The lowest BCUT2D eigenvalue weighted by atomic mass is 10.1. The molecule has 0 bridgehead atoms. The third-order valence-corrected chi connectivity index (χ3v) is 3.33. The van der Waals surface area contributed by atoms with Crippen LogP contribution in [0.25, 0.3) is 0 Å². The number of halogens is 1. The van der Waals surface area contributed by atoms with E-state index in [9.17, 15) is 10.1 Å². The van der Waals surface area contributed by atoms with Gasteiger partial charge in [-0.25, -0.2) is 4.98 Å². The van der Waals surface area contributed by atoms with Crippen molar-refractivity contribution in [1.82, 2.24) is 10.3 Å². The molecule has 21 heavy (non-hydrogen) atoms. The molecule has 7 heteroatoms. The van der Waals surface area contributed by atoms with Crippen molar-refractivity contribution in [2.75, 3.05) is 7.05 Å². The number of nitrogens with one attached hydrogen (secondary N) is 1. The smallest absolute Gasteiger partial charge is 0.271 e. The molecule has 0 aliphatic carbocycles. The van der Waals surface area contributed by atoms with E-state index in [-0.39, 0.29) is 16.8 Å². The number of ether oxygens (including phenoxy) is 1. The molecule has 1 heterocycles. The third-order valence-electron chi connectivity index (χ3n) is 3.03. The number of aromatic nitrogens is 1. The summed E-state index contributed by atoms with van der Waals surface area (Å²) in [4.78, 5) is 14.4. The number of nitro groups is 1. The van der Waals surface area contributed by atoms with Gasteiger partial charge in [-0.2, -0.15) is 0 Å². The maximum absolute atomic E-state index is 10.7. The van der Waals surface area contributed by atoms with Crippen LogP contribution in [0.4, 0.5) is 5.69 Å². The Balaban J connectivity index is 2.33. The lowest BCUT2D eigenvalue weighted by Gasteiger charge is -2.15. The number of non-ortho nitro benzene ring substituents is 1. The maximum Gasteiger partial charge on any atom is 0.271 e. The number of hydrogen-bond donors (Lipinski definition) is 1. The molecule has 0 radical (unpaired) electrons. The standard InChI is InChI=1S/C14H14ClN3O3/c1-9(16-2)11-4-3-7-17-14(11)21-13-6-5-10(18(19)20)8-12(13)15/h3-9,16H,1-2H3. The fraction of sp³-hybridized carbons (Fsp3) is 0.214. The summed E-state index contributed by atoms with van der Waals surface area (Å²) in [6, 6.07) is 7.80. The summed E-state index contributed by atoms with van der Waals surface area (Å²) in [5.41, 5.74) is 0.784. The van der Waals surface area contributed by atoms with Crippen molar-refractivity contribution < 1.29 is 9.66 Å². The van der Waals surface area contributed by atoms with Gasteiger partial charge in [0, 0.05) is 29.9 Å². The van der Waals surface area contributed by atoms with Gasteiger partial charge >= 0.3 is 0 Å². The van der Waals surface area contributed by atoms with Gasteiger partial charge in [0.05, 0.1) is 9.95 Å². The highest BCUT2D eigenvalue weighted by Crippen LogP contribution is 2.34. The van der Waals surface area contributed by atoms with E-state index in [4.69, 9.17) is 16.3 Å². The molecule has 0 aliphatic heterocycles. The predicted molar refractivity (Wildman–Crippen MR) is 79.9 cm³/mol. The summed E-state index contributed by atoms with van der Waals surface area (Å²) >= 11 is 6.02. The van der Waals surface area contributed by atoms with E-state index < -0.39 is 4.92 Å². The topological polar surface area (TPSA) is 77.3 Å². The monoisotopic (exact) mass is 307 g/mol. The Morgan fingerprint density at radius 2 is 2.19 bits per heavy atom. The molecule has 2 rings (SSSR count). The van der Waals surface area contributed by atoms with Crippen LogP contribution < -0.4 is 10.1 Å². The van der Waals surface area contributed by atoms with Crippen LogP contribution in [0.2, 0.25) is 5.02 Å². The minimum Gasteiger partial charge on any atom is -0.437 e. The van der Waals surface area contributed by atoms with Crippen molar-refractivity contribution in [2.24, 2.45) is 0 Å². The first-order valence-corrected chi connectivity index (χ1v) is 6.64. The Morgan fingerprint density at radius 3 is 2.81 bits per heavy atom. The summed E-state index contributed by atoms with van der Waals surface area (Å²) in [5.74, 6) is 0.737. The fourth-order valence-corrected chi connectivity index (χ4v) is 1.98. The van der Waals surface area contributed by atoms with Crippen LogP contribution in [0.3, 0.4) is 0 Å². The second-order valence-corrected chi connectivity index (χ2v) is 4.79. The second kappa shape index (κ2) is 6.51. The predicted octanol–water partition coefficient (Wildman–Crippen LogP) is 3.72. The molecule has 0 saturated heterocycles. The van der Waals surface area contributed by atoms with Gasteiger partial charge in [-0.05, 0) is 26.1 Å². The van der Waals surface area contributed by atoms with Crippen LogP contribution in [-0.4, -0.2) is 17.0 Å². The van der Waals surface area contributed by atoms with Gasteiger partial charge in [-0.15, -0.1) is 0 Å². The van der Waals surface area contributed by atoms with Crippen LogP contribution in [-0.2, 0) is 0 Å². The van der Waals surface area contributed by atoms with Gasteiger partial charge in [0.25, 0.3) is 5.69 Å². The summed E-state index contributed by atoms with van der Waals surface area (Å²) in [7, 11) is 1.83. The molecule has 1 atom stereocenters. The molecule has 6 nitrogen and oxygen atoms in total. The van der Waals surface area contributed by atoms with Crippen molar-refractivity contribution >= 4 is 17.3 Å². The molecule has 0 fully saturated rings. The highest BCUT2D eigenvalue weighted by atomic mass is 35.5. The van der Waals surface area contributed by atoms with E-state index in [1.165, 1.54) is 18.2 Å². The number of nitro benzene ring substituents is 1. The van der Waals surface area contributed by atoms with E-state index in [1.54, 1.807) is 6.20 Å². The molecule has 1 unspecified atom stereocenters. The second-order valence-electron chi connectivity index (χ2n) is 4.38. The van der Waals surface area contributed by atoms with Gasteiger partial charge < -0.3 is 10.1 Å². The van der Waals surface area contributed by atoms with Crippen molar-refractivity contribution in [3.05, 3.63) is 57.2 Å². The first-order valence-electron chi connectivity index (χ1n) is 6.27. The van der Waals surface area contributed by atoms with Crippen molar-refractivity contribution in [2.45, 2.75) is 13.0 Å². The first kappa shape index (κ1) is 15.2. The van der Waals surface area contributed by atoms with Gasteiger partial charge in [0.2, 0.25) is 5.88 Å². The van der Waals surface area contributed by atoms with Crippen molar-refractivity contribution in [3.8, 4) is 11.6 Å². The van der Waals surface area contributed by atoms with E-state index in [2.05, 4.69) is 10.3 Å². The summed E-state index contributed by atoms with van der Waals surface area (Å²) in [6.07, 6.45) is 1.61. The van der Waals surface area contributed by atoms with E-state index in [0.717, 1.165) is 5.56 Å². The average Bonchev–Trinajstić information content (AvgIpc) is 2.49. The maximum atomic E-state index is 10.7. The number of hydrogen-bond acceptors (Lipinski definition) is 5. The Morgan fingerprint density at radius 1 is 1.43 bits per heavy atom. The first-order chi connectivity index (χ1) is 10.0. The SMILES string of the molecule is CNC(C)c1cccnc1Oc1ccc([N+](=O)[O-])cc1Cl. The summed E-state index contributed by atoms with van der Waals surface area (Å²) in [6.45, 7) is 1.97. The highest BCUT2D eigenvalue weighted by molar-refractivity contribution is 6.32. The minimum absolute atomic E-state index is 0.0468. The van der Waals surface area contributed by atoms with Crippen LogP contribution in [0.5, 0.6) is 11.6 Å². The molecule has 0 spiro atoms. The van der Waals surface area contributed by atoms with Crippen LogP contribution >= 0.6 is 11.6 Å². The molecule has 1 N–H and O–H groups in total. The zero-order chi connectivity index (χ0) is 15.4. The number of nitrogens with zero attached hydrogens (tertiary/aromatic N) is 2. The Bertz CT molecular complexity index is 664. The zero-order valence-electron chi connectivity index (χ0n) is 11.5. The van der Waals surface area contributed by atoms with E-state index in [1.807, 2.05) is 26.1 Å². The molecular weight excluding hydrogens is 294 g/mol. The Hall–Kier alpha value is -2.18. The molecule has 1 aromatic heterocycles. The van der Waals surface area contributed by atoms with Gasteiger partial charge in [-0.3, -0.25) is 10.1 Å². The summed E-state index contributed by atoms with van der Waals surface area (Å²) < 4.78 is 5.69. The molecular formula is C14H14ClN3O3. The number of rotatable bonds is 5. The Kier molecular flexibility index (Phi) is 4.72. The van der Waals surface area contributed by atoms with Gasteiger partial charge in [-0.1, -0.05) is 17.7 Å². The normalized spacial score (nSPS) is 12.0.